The van der Waals surface area contributed by atoms with Gasteiger partial charge in [0.1, 0.15) is 24.1 Å². The highest BCUT2D eigenvalue weighted by molar-refractivity contribution is 6.12. The fourth-order valence-corrected chi connectivity index (χ4v) is 8.79. The fourth-order valence-electron chi connectivity index (χ4n) is 8.79. The van der Waals surface area contributed by atoms with Crippen LogP contribution in [-0.2, 0) is 48.3 Å². The number of imidazole rings is 1. The summed E-state index contributed by atoms with van der Waals surface area (Å²) in [6, 6.07) is 19.5. The molecule has 77 heavy (non-hydrogen) atoms. The van der Waals surface area contributed by atoms with Crippen LogP contribution in [-0.4, -0.2) is 102 Å². The predicted octanol–water partition coefficient (Wildman–Crippen LogP) is 7.64. The number of fused-ring (bicyclic) bond motifs is 1. The maximum atomic E-state index is 14.9. The number of H-pyrrole nitrogens is 1. The molecule has 6 N–H and O–H groups in total. The molecule has 0 spiro atoms. The second kappa shape index (κ2) is 26.6. The lowest BCUT2D eigenvalue weighted by atomic mass is 9.89. The first kappa shape index (κ1) is 56.0. The van der Waals surface area contributed by atoms with Crippen LogP contribution in [0, 0.1) is 30.4 Å². The number of halogens is 2. The van der Waals surface area contributed by atoms with Crippen molar-refractivity contribution in [3.05, 3.63) is 138 Å². The summed E-state index contributed by atoms with van der Waals surface area (Å²) in [5.74, 6) is -4.24. The number of imide groups is 1. The average Bonchev–Trinajstić information content (AvgIpc) is 4.01. The highest BCUT2D eigenvalue weighted by Crippen LogP contribution is 2.31. The summed E-state index contributed by atoms with van der Waals surface area (Å²) >= 11 is 0. The summed E-state index contributed by atoms with van der Waals surface area (Å²) in [6.45, 7) is 5.33. The number of Topliss-reactive ketones (excluding diaryl/α,β-unsaturated/α-hetero) is 1. The molecule has 19 nitrogen and oxygen atoms in total. The van der Waals surface area contributed by atoms with Crippen LogP contribution in [0.2, 0.25) is 0 Å². The number of nitrogens with two attached hydrogens (primary N) is 1. The van der Waals surface area contributed by atoms with E-state index in [1.807, 2.05) is 43.3 Å². The van der Waals surface area contributed by atoms with E-state index in [4.69, 9.17) is 20.4 Å². The molecule has 1 aliphatic rings. The van der Waals surface area contributed by atoms with Gasteiger partial charge in [0.25, 0.3) is 11.8 Å². The van der Waals surface area contributed by atoms with Gasteiger partial charge in [-0.25, -0.2) is 23.4 Å². The monoisotopic (exact) mass is 1050 g/mol. The quantitative estimate of drug-likeness (QED) is 0.0259. The Kier molecular flexibility index (Phi) is 19.4. The maximum Gasteiger partial charge on any atom is 0.410 e. The molecule has 21 heteroatoms. The van der Waals surface area contributed by atoms with E-state index >= 15 is 0 Å². The van der Waals surface area contributed by atoms with E-state index in [2.05, 4.69) is 30.9 Å². The van der Waals surface area contributed by atoms with Gasteiger partial charge in [0.2, 0.25) is 11.8 Å². The summed E-state index contributed by atoms with van der Waals surface area (Å²) in [6.07, 6.45) is 6.64. The Bertz CT molecular complexity index is 3110. The van der Waals surface area contributed by atoms with Crippen molar-refractivity contribution in [2.45, 2.75) is 91.3 Å². The number of nitrogens with one attached hydrogen (secondary N) is 4. The standard InChI is InChI=1S/C56H61F2N11O8/c1-34(2)51(67-48(71)15-5-4-6-28-69-49(72)22-23-50(69)73)46(70)31-38(11-9-25-62-55(59)75)54(74)64-39-19-16-36(17-20-39)33-77-56(76)68(29-24-40-41(57)12-8-13-42(40)58)32-47-65-52(53(66-47)44-14-7-10-35(3)63-44)37-18-21-43-45(30-37)61-27-26-60-43/h7-8,10,12-14,16-23,26-27,30,34,38,51H,4-6,9,11,15,24-25,28-29,31-33H2,1-3H3,(H,64,74)(H,65,66)(H,67,71)(H3,59,62,75)/t38-,51+/m1/s1. The summed E-state index contributed by atoms with van der Waals surface area (Å²) in [4.78, 5) is 114. The minimum absolute atomic E-state index is 0.118. The number of hydrogen-bond acceptors (Lipinski definition) is 12. The number of anilines is 1. The number of amides is 7. The Morgan fingerprint density at radius 1 is 0.844 bits per heavy atom. The molecule has 6 aromatic rings. The molecule has 3 aromatic carbocycles. The molecule has 0 saturated carbocycles. The summed E-state index contributed by atoms with van der Waals surface area (Å²) in [5, 5.41) is 8.17. The molecule has 0 aliphatic carbocycles. The topological polar surface area (TPSA) is 265 Å². The first-order valence-electron chi connectivity index (χ1n) is 25.4. The molecule has 0 unspecified atom stereocenters. The molecular formula is C56H61F2N11O8. The molecule has 1 aliphatic heterocycles. The Labute approximate surface area is 443 Å². The van der Waals surface area contributed by atoms with Crippen molar-refractivity contribution >= 4 is 58.3 Å². The van der Waals surface area contributed by atoms with E-state index in [1.54, 1.807) is 50.5 Å². The molecule has 7 amide bonds. The number of unbranched alkanes of at least 4 members (excludes halogenated alkanes) is 2. The van der Waals surface area contributed by atoms with Crippen LogP contribution in [0.3, 0.4) is 0 Å². The number of urea groups is 1. The zero-order valence-corrected chi connectivity index (χ0v) is 43.0. The van der Waals surface area contributed by atoms with Gasteiger partial charge in [0, 0.05) is 85.4 Å². The maximum absolute atomic E-state index is 14.9. The van der Waals surface area contributed by atoms with Gasteiger partial charge in [-0.05, 0) is 99.0 Å². The van der Waals surface area contributed by atoms with E-state index in [0.717, 1.165) is 22.7 Å². The molecule has 2 atom stereocenters. The molecule has 0 bridgehead atoms. The lowest BCUT2D eigenvalue weighted by molar-refractivity contribution is -0.137. The minimum Gasteiger partial charge on any atom is -0.445 e. The van der Waals surface area contributed by atoms with Gasteiger partial charge < -0.3 is 36.3 Å². The van der Waals surface area contributed by atoms with Crippen LogP contribution < -0.4 is 21.7 Å². The van der Waals surface area contributed by atoms with Gasteiger partial charge in [-0.1, -0.05) is 50.6 Å². The van der Waals surface area contributed by atoms with Gasteiger partial charge in [-0.15, -0.1) is 0 Å². The van der Waals surface area contributed by atoms with Crippen molar-refractivity contribution < 1.29 is 47.1 Å². The van der Waals surface area contributed by atoms with Crippen molar-refractivity contribution in [2.75, 3.05) is 25.0 Å². The van der Waals surface area contributed by atoms with Crippen molar-refractivity contribution in [3.8, 4) is 22.6 Å². The number of ether oxygens (including phenoxy) is 1. The fraction of sp³-hybridized carbons (Fsp3) is 0.339. The lowest BCUT2D eigenvalue weighted by Crippen LogP contribution is -2.45. The van der Waals surface area contributed by atoms with E-state index in [1.165, 1.54) is 23.1 Å². The molecule has 4 heterocycles. The highest BCUT2D eigenvalue weighted by atomic mass is 19.1. The number of aryl methyl sites for hydroxylation is 1. The minimum atomic E-state index is -0.887. The van der Waals surface area contributed by atoms with Crippen LogP contribution in [0.25, 0.3) is 33.7 Å². The third-order valence-electron chi connectivity index (χ3n) is 12.9. The average molecular weight is 1050 g/mol. The number of rotatable bonds is 26. The summed E-state index contributed by atoms with van der Waals surface area (Å²) in [5.41, 5.74) is 10.4. The van der Waals surface area contributed by atoms with Crippen LogP contribution in [0.1, 0.15) is 81.4 Å². The number of primary amides is 1. The summed E-state index contributed by atoms with van der Waals surface area (Å²) < 4.78 is 35.6. The van der Waals surface area contributed by atoms with E-state index in [-0.39, 0.29) is 93.5 Å². The Morgan fingerprint density at radius 2 is 1.56 bits per heavy atom. The molecule has 0 radical (unpaired) electrons. The smallest absolute Gasteiger partial charge is 0.410 e. The Hall–Kier alpha value is -8.75. The normalized spacial score (nSPS) is 12.9. The second-order valence-electron chi connectivity index (χ2n) is 19.0. The van der Waals surface area contributed by atoms with Gasteiger partial charge in [-0.3, -0.25) is 43.8 Å². The number of aromatic amines is 1. The Morgan fingerprint density at radius 3 is 2.26 bits per heavy atom. The number of aromatic nitrogens is 5. The van der Waals surface area contributed by atoms with Crippen LogP contribution in [0.15, 0.2) is 103 Å². The third kappa shape index (κ3) is 15.7. The van der Waals surface area contributed by atoms with E-state index < -0.39 is 41.6 Å². The number of hydrogen-bond donors (Lipinski definition) is 5. The van der Waals surface area contributed by atoms with E-state index in [9.17, 15) is 42.3 Å². The lowest BCUT2D eigenvalue weighted by Gasteiger charge is -2.24. The highest BCUT2D eigenvalue weighted by Gasteiger charge is 2.30. The number of ketones is 1. The largest absolute Gasteiger partial charge is 0.445 e. The number of carbonyl (C=O) groups excluding carboxylic acids is 7. The molecule has 0 fully saturated rings. The predicted molar refractivity (Wildman–Crippen MR) is 282 cm³/mol. The zero-order chi connectivity index (χ0) is 55.0. The first-order chi connectivity index (χ1) is 37.0. The Balaban J connectivity index is 1.00. The van der Waals surface area contributed by atoms with Gasteiger partial charge in [0.15, 0.2) is 5.78 Å². The number of nitrogens with zero attached hydrogens (tertiary/aromatic N) is 6. The van der Waals surface area contributed by atoms with Crippen molar-refractivity contribution in [3.63, 3.8) is 0 Å². The van der Waals surface area contributed by atoms with Crippen molar-refractivity contribution in [1.29, 1.82) is 0 Å². The SMILES string of the molecule is Cc1cccc(-c2[nH]c(CN(CCc3c(F)cccc3F)C(=O)OCc3ccc(NC(=O)[C@H](CCCNC(N)=O)CC(=O)[C@@H](NC(=O)CCCCCN4C(=O)C=CC4=O)C(C)C)cc3)nc2-c2ccc3nccnc3c2)n1. The van der Waals surface area contributed by atoms with Crippen molar-refractivity contribution in [2.24, 2.45) is 17.6 Å². The number of pyridine rings is 1. The zero-order valence-electron chi connectivity index (χ0n) is 43.0. The summed E-state index contributed by atoms with van der Waals surface area (Å²) in [7, 11) is 0. The molecular weight excluding hydrogens is 993 g/mol. The first-order valence-corrected chi connectivity index (χ1v) is 25.4. The third-order valence-corrected chi connectivity index (χ3v) is 12.9. The van der Waals surface area contributed by atoms with E-state index in [0.29, 0.717) is 76.4 Å². The number of benzene rings is 3. The van der Waals surface area contributed by atoms with Crippen LogP contribution >= 0.6 is 0 Å². The van der Waals surface area contributed by atoms with Crippen LogP contribution in [0.5, 0.6) is 0 Å². The second-order valence-corrected chi connectivity index (χ2v) is 19.0. The van der Waals surface area contributed by atoms with Crippen molar-refractivity contribution in [1.82, 2.24) is 45.4 Å². The van der Waals surface area contributed by atoms with Gasteiger partial charge in [-0.2, -0.15) is 0 Å². The molecule has 7 rings (SSSR count). The molecule has 0 saturated heterocycles. The molecule has 3 aromatic heterocycles. The molecule has 402 valence electrons. The van der Waals surface area contributed by atoms with Gasteiger partial charge in [0.05, 0.1) is 40.7 Å². The van der Waals surface area contributed by atoms with Gasteiger partial charge >= 0.3 is 12.1 Å². The number of carbonyl (C=O) groups is 7. The van der Waals surface area contributed by atoms with Crippen LogP contribution in [0.4, 0.5) is 24.1 Å².